The third-order valence-corrected chi connectivity index (χ3v) is 7.22. The van der Waals surface area contributed by atoms with Gasteiger partial charge in [-0.15, -0.1) is 11.3 Å². The zero-order chi connectivity index (χ0) is 17.7. The molecule has 1 fully saturated rings. The van der Waals surface area contributed by atoms with Gasteiger partial charge in [0.1, 0.15) is 4.21 Å². The van der Waals surface area contributed by atoms with Crippen LogP contribution in [0.3, 0.4) is 0 Å². The minimum absolute atomic E-state index is 0.0581. The Kier molecular flexibility index (Phi) is 6.70. The van der Waals surface area contributed by atoms with Gasteiger partial charge in [-0.3, -0.25) is 4.79 Å². The fraction of sp³-hybridized carbons (Fsp3) is 0.667. The van der Waals surface area contributed by atoms with Crippen LogP contribution in [-0.4, -0.2) is 56.1 Å². The van der Waals surface area contributed by atoms with E-state index in [0.717, 1.165) is 16.2 Å². The van der Waals surface area contributed by atoms with Crippen molar-refractivity contribution in [3.8, 4) is 0 Å². The summed E-state index contributed by atoms with van der Waals surface area (Å²) in [6.45, 7) is 1.90. The predicted molar refractivity (Wildman–Crippen MR) is 88.7 cm³/mol. The lowest BCUT2D eigenvalue weighted by molar-refractivity contribution is -0.138. The summed E-state index contributed by atoms with van der Waals surface area (Å²) in [7, 11) is -3.61. The first-order chi connectivity index (χ1) is 11.4. The monoisotopic (exact) mass is 380 g/mol. The number of hydrogen-bond acceptors (Lipinski definition) is 4. The van der Waals surface area contributed by atoms with Crippen LogP contribution in [0.15, 0.2) is 21.7 Å². The topological polar surface area (TPSA) is 57.7 Å². The van der Waals surface area contributed by atoms with Gasteiger partial charge in [0.15, 0.2) is 0 Å². The predicted octanol–water partition coefficient (Wildman–Crippen LogP) is 2.65. The van der Waals surface area contributed by atoms with E-state index >= 15 is 0 Å². The molecule has 1 aromatic rings. The number of piperidine rings is 1. The number of nitrogens with zero attached hydrogens (tertiary/aromatic N) is 2. The standard InChI is InChI=1S/C15H22F2N2O3S2/c1-2-7-18(11-13(16)17)15(20)12-5-3-8-19(10-12)24(21,22)14-6-4-9-23-14/h4,6,9,12-13H,2-3,5,7-8,10-11H2,1H3. The smallest absolute Gasteiger partial charge is 0.255 e. The Labute approximate surface area is 145 Å². The van der Waals surface area contributed by atoms with Crippen LogP contribution in [-0.2, 0) is 14.8 Å². The van der Waals surface area contributed by atoms with Crippen LogP contribution in [0, 0.1) is 5.92 Å². The molecule has 1 amide bonds. The molecule has 1 aliphatic heterocycles. The van der Waals surface area contributed by atoms with Crippen molar-refractivity contribution in [2.24, 2.45) is 5.92 Å². The van der Waals surface area contributed by atoms with E-state index < -0.39 is 28.9 Å². The Morgan fingerprint density at radius 1 is 1.50 bits per heavy atom. The molecular formula is C15H22F2N2O3S2. The lowest BCUT2D eigenvalue weighted by Crippen LogP contribution is -2.47. The van der Waals surface area contributed by atoms with Crippen molar-refractivity contribution >= 4 is 27.3 Å². The van der Waals surface area contributed by atoms with E-state index in [-0.39, 0.29) is 23.2 Å². The largest absolute Gasteiger partial charge is 0.337 e. The normalized spacial score (nSPS) is 19.6. The Morgan fingerprint density at radius 2 is 2.25 bits per heavy atom. The summed E-state index contributed by atoms with van der Waals surface area (Å²) in [5.41, 5.74) is 0. The highest BCUT2D eigenvalue weighted by Crippen LogP contribution is 2.27. The fourth-order valence-electron chi connectivity index (χ4n) is 2.89. The van der Waals surface area contributed by atoms with Crippen molar-refractivity contribution in [3.05, 3.63) is 17.5 Å². The van der Waals surface area contributed by atoms with Crippen LogP contribution in [0.5, 0.6) is 0 Å². The molecular weight excluding hydrogens is 358 g/mol. The number of rotatable bonds is 7. The molecule has 0 aliphatic carbocycles. The number of carbonyl (C=O) groups excluding carboxylic acids is 1. The highest BCUT2D eigenvalue weighted by molar-refractivity contribution is 7.91. The summed E-state index contributed by atoms with van der Waals surface area (Å²) in [5, 5.41) is 1.69. The van der Waals surface area contributed by atoms with Crippen molar-refractivity contribution in [1.82, 2.24) is 9.21 Å². The molecule has 0 radical (unpaired) electrons. The highest BCUT2D eigenvalue weighted by atomic mass is 32.2. The van der Waals surface area contributed by atoms with Crippen molar-refractivity contribution in [3.63, 3.8) is 0 Å². The Morgan fingerprint density at radius 3 is 2.83 bits per heavy atom. The molecule has 0 spiro atoms. The van der Waals surface area contributed by atoms with Crippen LogP contribution in [0.25, 0.3) is 0 Å². The van der Waals surface area contributed by atoms with Gasteiger partial charge in [-0.25, -0.2) is 17.2 Å². The van der Waals surface area contributed by atoms with E-state index in [1.165, 1.54) is 10.4 Å². The molecule has 5 nitrogen and oxygen atoms in total. The molecule has 1 aliphatic rings. The number of hydrogen-bond donors (Lipinski definition) is 0. The van der Waals surface area contributed by atoms with Crippen LogP contribution in [0.4, 0.5) is 8.78 Å². The molecule has 1 unspecified atom stereocenters. The highest BCUT2D eigenvalue weighted by Gasteiger charge is 2.35. The molecule has 1 saturated heterocycles. The SMILES string of the molecule is CCCN(CC(F)F)C(=O)C1CCCN(S(=O)(=O)c2cccs2)C1. The van der Waals surface area contributed by atoms with Crippen molar-refractivity contribution in [1.29, 1.82) is 0 Å². The molecule has 0 N–H and O–H groups in total. The number of carbonyl (C=O) groups is 1. The van der Waals surface area contributed by atoms with Crippen LogP contribution in [0.2, 0.25) is 0 Å². The number of sulfonamides is 1. The van der Waals surface area contributed by atoms with Gasteiger partial charge in [0.2, 0.25) is 5.91 Å². The average Bonchev–Trinajstić information content (AvgIpc) is 3.09. The first kappa shape index (κ1) is 19.3. The number of thiophene rings is 1. The van der Waals surface area contributed by atoms with Gasteiger partial charge in [0, 0.05) is 19.6 Å². The molecule has 0 aromatic carbocycles. The van der Waals surface area contributed by atoms with Crippen LogP contribution in [0.1, 0.15) is 26.2 Å². The minimum atomic E-state index is -3.61. The Hall–Kier alpha value is -1.06. The molecule has 1 aromatic heterocycles. The lowest BCUT2D eigenvalue weighted by atomic mass is 9.98. The van der Waals surface area contributed by atoms with E-state index in [1.807, 2.05) is 6.92 Å². The molecule has 136 valence electrons. The summed E-state index contributed by atoms with van der Waals surface area (Å²) in [6.07, 6.45) is -0.924. The van der Waals surface area contributed by atoms with Crippen LogP contribution >= 0.6 is 11.3 Å². The average molecular weight is 380 g/mol. The summed E-state index contributed by atoms with van der Waals surface area (Å²) in [5.74, 6) is -0.929. The molecule has 9 heteroatoms. The second-order valence-corrected chi connectivity index (χ2v) is 8.92. The second kappa shape index (κ2) is 8.35. The fourth-order valence-corrected chi connectivity index (χ4v) is 5.55. The molecule has 24 heavy (non-hydrogen) atoms. The molecule has 0 bridgehead atoms. The van der Waals surface area contributed by atoms with Gasteiger partial charge in [-0.1, -0.05) is 13.0 Å². The maximum atomic E-state index is 12.7. The van der Waals surface area contributed by atoms with Gasteiger partial charge in [0.25, 0.3) is 16.4 Å². The summed E-state index contributed by atoms with van der Waals surface area (Å²) in [4.78, 5) is 13.7. The van der Waals surface area contributed by atoms with Gasteiger partial charge in [-0.05, 0) is 30.7 Å². The van der Waals surface area contributed by atoms with Gasteiger partial charge >= 0.3 is 0 Å². The first-order valence-electron chi connectivity index (χ1n) is 7.96. The quantitative estimate of drug-likeness (QED) is 0.731. The number of amides is 1. The third kappa shape index (κ3) is 4.52. The second-order valence-electron chi connectivity index (χ2n) is 5.81. The lowest BCUT2D eigenvalue weighted by Gasteiger charge is -2.34. The maximum absolute atomic E-state index is 12.7. The van der Waals surface area contributed by atoms with Crippen molar-refractivity contribution < 1.29 is 22.0 Å². The van der Waals surface area contributed by atoms with E-state index in [0.29, 0.717) is 25.8 Å². The van der Waals surface area contributed by atoms with E-state index in [1.54, 1.807) is 11.4 Å². The van der Waals surface area contributed by atoms with Crippen molar-refractivity contribution in [2.75, 3.05) is 26.2 Å². The zero-order valence-corrected chi connectivity index (χ0v) is 15.2. The van der Waals surface area contributed by atoms with E-state index in [4.69, 9.17) is 0 Å². The van der Waals surface area contributed by atoms with Crippen LogP contribution < -0.4 is 0 Å². The molecule has 2 heterocycles. The summed E-state index contributed by atoms with van der Waals surface area (Å²) in [6, 6.07) is 3.20. The number of halogens is 2. The summed E-state index contributed by atoms with van der Waals surface area (Å²) >= 11 is 1.13. The Balaban J connectivity index is 2.10. The molecule has 1 atom stereocenters. The van der Waals surface area contributed by atoms with E-state index in [9.17, 15) is 22.0 Å². The Bertz CT molecular complexity index is 635. The molecule has 2 rings (SSSR count). The van der Waals surface area contributed by atoms with E-state index in [2.05, 4.69) is 0 Å². The van der Waals surface area contributed by atoms with Gasteiger partial charge in [-0.2, -0.15) is 4.31 Å². The van der Waals surface area contributed by atoms with Gasteiger partial charge < -0.3 is 4.90 Å². The third-order valence-electron chi connectivity index (χ3n) is 3.99. The van der Waals surface area contributed by atoms with Gasteiger partial charge in [0.05, 0.1) is 12.5 Å². The van der Waals surface area contributed by atoms with Crippen molar-refractivity contribution in [2.45, 2.75) is 36.8 Å². The zero-order valence-electron chi connectivity index (χ0n) is 13.5. The maximum Gasteiger partial charge on any atom is 0.255 e. The first-order valence-corrected chi connectivity index (χ1v) is 10.3. The number of alkyl halides is 2. The minimum Gasteiger partial charge on any atom is -0.337 e. The molecule has 0 saturated carbocycles. The summed E-state index contributed by atoms with van der Waals surface area (Å²) < 4.78 is 52.1.